The van der Waals surface area contributed by atoms with E-state index in [4.69, 9.17) is 0 Å². The van der Waals surface area contributed by atoms with Gasteiger partial charge in [0.2, 0.25) is 5.91 Å². The first-order chi connectivity index (χ1) is 11.1. The fourth-order valence-corrected chi connectivity index (χ4v) is 2.88. The molecule has 2 amide bonds. The summed E-state index contributed by atoms with van der Waals surface area (Å²) in [6, 6.07) is 5.83. The molecule has 1 aliphatic heterocycles. The van der Waals surface area contributed by atoms with Crippen molar-refractivity contribution in [1.29, 1.82) is 0 Å². The SMILES string of the molecule is O=C(CCN(C(=O)c1ccc(F)cc1)C1CC1)N1CCNCC1. The van der Waals surface area contributed by atoms with Crippen LogP contribution >= 0.6 is 0 Å². The Bertz CT molecular complexity index is 566. The minimum atomic E-state index is -0.353. The summed E-state index contributed by atoms with van der Waals surface area (Å²) in [5, 5.41) is 3.22. The smallest absolute Gasteiger partial charge is 0.254 e. The van der Waals surface area contributed by atoms with Crippen LogP contribution in [0.25, 0.3) is 0 Å². The van der Waals surface area contributed by atoms with Crippen LogP contribution < -0.4 is 5.32 Å². The van der Waals surface area contributed by atoms with E-state index in [-0.39, 0.29) is 23.7 Å². The van der Waals surface area contributed by atoms with E-state index >= 15 is 0 Å². The lowest BCUT2D eigenvalue weighted by Gasteiger charge is -2.29. The summed E-state index contributed by atoms with van der Waals surface area (Å²) >= 11 is 0. The van der Waals surface area contributed by atoms with E-state index in [0.29, 0.717) is 18.5 Å². The number of hydrogen-bond donors (Lipinski definition) is 1. The first-order valence-corrected chi connectivity index (χ1v) is 8.20. The van der Waals surface area contributed by atoms with E-state index in [1.807, 2.05) is 4.90 Å². The van der Waals surface area contributed by atoms with Gasteiger partial charge in [-0.05, 0) is 37.1 Å². The van der Waals surface area contributed by atoms with Crippen LogP contribution in [-0.2, 0) is 4.79 Å². The van der Waals surface area contributed by atoms with Gasteiger partial charge < -0.3 is 15.1 Å². The van der Waals surface area contributed by atoms with Gasteiger partial charge in [0.05, 0.1) is 0 Å². The highest BCUT2D eigenvalue weighted by Crippen LogP contribution is 2.28. The van der Waals surface area contributed by atoms with Crippen molar-refractivity contribution in [2.75, 3.05) is 32.7 Å². The van der Waals surface area contributed by atoms with Crippen molar-refractivity contribution in [3.8, 4) is 0 Å². The van der Waals surface area contributed by atoms with E-state index in [1.54, 1.807) is 4.90 Å². The second kappa shape index (κ2) is 7.08. The number of carbonyl (C=O) groups is 2. The monoisotopic (exact) mass is 319 g/mol. The highest BCUT2D eigenvalue weighted by Gasteiger charge is 2.33. The maximum atomic E-state index is 13.0. The Hall–Kier alpha value is -1.95. The molecule has 0 atom stereocenters. The molecule has 6 heteroatoms. The zero-order valence-electron chi connectivity index (χ0n) is 13.1. The van der Waals surface area contributed by atoms with Gasteiger partial charge in [-0.3, -0.25) is 9.59 Å². The summed E-state index contributed by atoms with van der Waals surface area (Å²) in [4.78, 5) is 28.5. The largest absolute Gasteiger partial charge is 0.340 e. The van der Waals surface area contributed by atoms with E-state index < -0.39 is 0 Å². The molecule has 0 radical (unpaired) electrons. The third-order valence-corrected chi connectivity index (χ3v) is 4.38. The number of nitrogens with zero attached hydrogens (tertiary/aromatic N) is 2. The highest BCUT2D eigenvalue weighted by molar-refractivity contribution is 5.94. The number of nitrogens with one attached hydrogen (secondary N) is 1. The number of piperazine rings is 1. The average molecular weight is 319 g/mol. The quantitative estimate of drug-likeness (QED) is 0.889. The molecule has 3 rings (SSSR count). The topological polar surface area (TPSA) is 52.7 Å². The van der Waals surface area contributed by atoms with Gasteiger partial charge in [0.1, 0.15) is 5.82 Å². The lowest BCUT2D eigenvalue weighted by molar-refractivity contribution is -0.131. The molecule has 0 bridgehead atoms. The van der Waals surface area contributed by atoms with Crippen molar-refractivity contribution in [3.05, 3.63) is 35.6 Å². The van der Waals surface area contributed by atoms with Crippen LogP contribution in [0.5, 0.6) is 0 Å². The van der Waals surface area contributed by atoms with Crippen molar-refractivity contribution in [2.24, 2.45) is 0 Å². The molecule has 1 aromatic rings. The van der Waals surface area contributed by atoms with Gasteiger partial charge in [0.15, 0.2) is 0 Å². The predicted molar refractivity (Wildman–Crippen MR) is 84.5 cm³/mol. The summed E-state index contributed by atoms with van der Waals surface area (Å²) in [6.07, 6.45) is 2.31. The molecule has 0 spiro atoms. The van der Waals surface area contributed by atoms with Crippen molar-refractivity contribution in [2.45, 2.75) is 25.3 Å². The second-order valence-electron chi connectivity index (χ2n) is 6.12. The van der Waals surface area contributed by atoms with Gasteiger partial charge in [-0.15, -0.1) is 0 Å². The molecule has 124 valence electrons. The van der Waals surface area contributed by atoms with E-state index in [9.17, 15) is 14.0 Å². The van der Waals surface area contributed by atoms with Gasteiger partial charge in [-0.1, -0.05) is 0 Å². The number of hydrogen-bond acceptors (Lipinski definition) is 3. The molecule has 2 fully saturated rings. The zero-order chi connectivity index (χ0) is 16.2. The fourth-order valence-electron chi connectivity index (χ4n) is 2.88. The van der Waals surface area contributed by atoms with E-state index in [0.717, 1.165) is 39.0 Å². The van der Waals surface area contributed by atoms with Gasteiger partial charge in [-0.25, -0.2) is 4.39 Å². The van der Waals surface area contributed by atoms with Gasteiger partial charge in [0, 0.05) is 50.7 Å². The molecule has 2 aliphatic rings. The molecule has 1 aromatic carbocycles. The standard InChI is InChI=1S/C17H22FN3O2/c18-14-3-1-13(2-4-14)17(23)21(15-5-6-15)10-7-16(22)20-11-8-19-9-12-20/h1-4,15,19H,5-12H2. The minimum absolute atomic E-state index is 0.101. The van der Waals surface area contributed by atoms with Crippen LogP contribution in [-0.4, -0.2) is 60.4 Å². The van der Waals surface area contributed by atoms with Crippen LogP contribution in [0.3, 0.4) is 0 Å². The molecule has 1 N–H and O–H groups in total. The lowest BCUT2D eigenvalue weighted by Crippen LogP contribution is -2.47. The molecule has 0 unspecified atom stereocenters. The summed E-state index contributed by atoms with van der Waals surface area (Å²) in [7, 11) is 0. The van der Waals surface area contributed by atoms with Crippen molar-refractivity contribution < 1.29 is 14.0 Å². The van der Waals surface area contributed by atoms with Crippen LogP contribution in [0, 0.1) is 5.82 Å². The van der Waals surface area contributed by atoms with Crippen LogP contribution in [0.1, 0.15) is 29.6 Å². The number of benzene rings is 1. The molecule has 1 saturated carbocycles. The molecular weight excluding hydrogens is 297 g/mol. The van der Waals surface area contributed by atoms with Gasteiger partial charge in [0.25, 0.3) is 5.91 Å². The van der Waals surface area contributed by atoms with E-state index in [1.165, 1.54) is 24.3 Å². The summed E-state index contributed by atoms with van der Waals surface area (Å²) < 4.78 is 13.0. The molecule has 1 heterocycles. The van der Waals surface area contributed by atoms with Crippen LogP contribution in [0.2, 0.25) is 0 Å². The molecule has 1 saturated heterocycles. The first kappa shape index (κ1) is 15.9. The lowest BCUT2D eigenvalue weighted by atomic mass is 10.2. The Morgan fingerprint density at radius 3 is 2.43 bits per heavy atom. The molecular formula is C17H22FN3O2. The maximum Gasteiger partial charge on any atom is 0.254 e. The van der Waals surface area contributed by atoms with Crippen LogP contribution in [0.15, 0.2) is 24.3 Å². The zero-order valence-corrected chi connectivity index (χ0v) is 13.1. The normalized spacial score (nSPS) is 17.9. The highest BCUT2D eigenvalue weighted by atomic mass is 19.1. The number of halogens is 1. The molecule has 0 aromatic heterocycles. The van der Waals surface area contributed by atoms with Crippen LogP contribution in [0.4, 0.5) is 4.39 Å². The number of amides is 2. The van der Waals surface area contributed by atoms with Crippen molar-refractivity contribution in [3.63, 3.8) is 0 Å². The van der Waals surface area contributed by atoms with Gasteiger partial charge in [-0.2, -0.15) is 0 Å². The Morgan fingerprint density at radius 1 is 1.17 bits per heavy atom. The summed E-state index contributed by atoms with van der Waals surface area (Å²) in [6.45, 7) is 3.55. The summed E-state index contributed by atoms with van der Waals surface area (Å²) in [5.74, 6) is -0.363. The Labute approximate surface area is 135 Å². The van der Waals surface area contributed by atoms with Crippen molar-refractivity contribution >= 4 is 11.8 Å². The molecule has 1 aliphatic carbocycles. The number of carbonyl (C=O) groups excluding carboxylic acids is 2. The van der Waals surface area contributed by atoms with Gasteiger partial charge >= 0.3 is 0 Å². The first-order valence-electron chi connectivity index (χ1n) is 8.20. The van der Waals surface area contributed by atoms with E-state index in [2.05, 4.69) is 5.32 Å². The summed E-state index contributed by atoms with van der Waals surface area (Å²) in [5.41, 5.74) is 0.480. The molecule has 5 nitrogen and oxygen atoms in total. The third kappa shape index (κ3) is 4.07. The molecule has 23 heavy (non-hydrogen) atoms. The maximum absolute atomic E-state index is 13.0. The predicted octanol–water partition coefficient (Wildman–Crippen LogP) is 1.25. The Morgan fingerprint density at radius 2 is 1.83 bits per heavy atom. The Balaban J connectivity index is 1.59. The average Bonchev–Trinajstić information content (AvgIpc) is 3.41. The second-order valence-corrected chi connectivity index (χ2v) is 6.12. The Kier molecular flexibility index (Phi) is 4.91. The van der Waals surface area contributed by atoms with Crippen molar-refractivity contribution in [1.82, 2.24) is 15.1 Å². The fraction of sp³-hybridized carbons (Fsp3) is 0.529. The minimum Gasteiger partial charge on any atom is -0.340 e. The third-order valence-electron chi connectivity index (χ3n) is 4.38. The number of rotatable bonds is 5.